The number of carboxylic acid groups (broad SMARTS) is 1. The van der Waals surface area contributed by atoms with Gasteiger partial charge in [0, 0.05) is 12.8 Å². The normalized spacial score (nSPS) is 13.9. The molecule has 0 spiro atoms. The van der Waals surface area contributed by atoms with E-state index in [0.717, 1.165) is 57.8 Å². The second kappa shape index (κ2) is 36.2. The number of rotatable bonds is 39. The molecule has 11 nitrogen and oxygen atoms in total. The Labute approximate surface area is 315 Å². The quantitative estimate of drug-likeness (QED) is 0.0236. The number of ether oxygens (including phenoxy) is 2. The highest BCUT2D eigenvalue weighted by Gasteiger charge is 2.32. The second-order valence-corrected chi connectivity index (χ2v) is 15.4. The average Bonchev–Trinajstić information content (AvgIpc) is 3.11. The van der Waals surface area contributed by atoms with E-state index < -0.39 is 57.8 Å². The highest BCUT2D eigenvalue weighted by molar-refractivity contribution is 7.47. The van der Waals surface area contributed by atoms with Gasteiger partial charge in [0.25, 0.3) is 0 Å². The van der Waals surface area contributed by atoms with Gasteiger partial charge in [0.05, 0.1) is 13.2 Å². The molecule has 0 aromatic heterocycles. The Kier molecular flexibility index (Phi) is 35.0. The van der Waals surface area contributed by atoms with Crippen molar-refractivity contribution in [2.45, 2.75) is 206 Å². The molecule has 0 aliphatic carbocycles. The van der Waals surface area contributed by atoms with Crippen molar-refractivity contribution in [1.29, 1.82) is 0 Å². The van der Waals surface area contributed by atoms with Crippen molar-refractivity contribution < 1.29 is 52.6 Å². The van der Waals surface area contributed by atoms with Crippen LogP contribution in [0.4, 0.5) is 0 Å². The fraction of sp³-hybridized carbons (Fsp3) is 0.875. The van der Waals surface area contributed by atoms with Crippen molar-refractivity contribution in [3.05, 3.63) is 12.2 Å². The van der Waals surface area contributed by atoms with Crippen LogP contribution in [0, 0.1) is 0 Å². The number of carbonyl (C=O) groups is 3. The summed E-state index contributed by atoms with van der Waals surface area (Å²) in [6.45, 7) is 2.35. The summed E-state index contributed by atoms with van der Waals surface area (Å²) in [4.78, 5) is 46.0. The monoisotopic (exact) mass is 763 g/mol. The third kappa shape index (κ3) is 34.0. The summed E-state index contributed by atoms with van der Waals surface area (Å²) < 4.78 is 32.4. The SMILES string of the molecule is CCCCCCCC/C=C\CCCCCCCC(=O)O[C@H](COC(=O)CCCCCCCCCCCCCCC)COP(=O)(O)OC(CO)C(=O)O. The molecule has 0 amide bonds. The first-order valence-corrected chi connectivity index (χ1v) is 22.1. The molecule has 306 valence electrons. The molecule has 0 fully saturated rings. The van der Waals surface area contributed by atoms with Crippen LogP contribution < -0.4 is 0 Å². The van der Waals surface area contributed by atoms with E-state index in [2.05, 4.69) is 30.5 Å². The number of carboxylic acids is 1. The molecular formula is C40H75O11P. The van der Waals surface area contributed by atoms with Gasteiger partial charge < -0.3 is 24.6 Å². The summed E-state index contributed by atoms with van der Waals surface area (Å²) in [6.07, 6.45) is 31.8. The first-order valence-electron chi connectivity index (χ1n) is 20.6. The molecule has 0 bridgehead atoms. The third-order valence-corrected chi connectivity index (χ3v) is 9.98. The van der Waals surface area contributed by atoms with Crippen LogP contribution >= 0.6 is 7.82 Å². The van der Waals surface area contributed by atoms with Crippen LogP contribution in [0.25, 0.3) is 0 Å². The van der Waals surface area contributed by atoms with Gasteiger partial charge in [-0.2, -0.15) is 0 Å². The predicted octanol–water partition coefficient (Wildman–Crippen LogP) is 10.5. The van der Waals surface area contributed by atoms with Gasteiger partial charge in [0.2, 0.25) is 0 Å². The maximum Gasteiger partial charge on any atom is 0.473 e. The largest absolute Gasteiger partial charge is 0.479 e. The fourth-order valence-corrected chi connectivity index (χ4v) is 6.67. The lowest BCUT2D eigenvalue weighted by Gasteiger charge is -2.21. The Balaban J connectivity index is 4.43. The lowest BCUT2D eigenvalue weighted by Crippen LogP contribution is -2.31. The molecule has 0 saturated carbocycles. The van der Waals surface area contributed by atoms with Gasteiger partial charge in [0.15, 0.2) is 12.2 Å². The zero-order valence-corrected chi connectivity index (χ0v) is 33.7. The topological polar surface area (TPSA) is 166 Å². The number of hydrogen-bond acceptors (Lipinski definition) is 9. The minimum absolute atomic E-state index is 0.125. The molecule has 12 heteroatoms. The van der Waals surface area contributed by atoms with E-state index in [-0.39, 0.29) is 12.8 Å². The molecule has 3 N–H and O–H groups in total. The number of phosphoric ester groups is 1. The van der Waals surface area contributed by atoms with E-state index in [4.69, 9.17) is 24.2 Å². The molecular weight excluding hydrogens is 687 g/mol. The lowest BCUT2D eigenvalue weighted by atomic mass is 10.0. The number of aliphatic hydroxyl groups is 1. The van der Waals surface area contributed by atoms with Crippen LogP contribution in [0.3, 0.4) is 0 Å². The Hall–Kier alpha value is -1.78. The Morgan fingerprint density at radius 3 is 1.42 bits per heavy atom. The smallest absolute Gasteiger partial charge is 0.473 e. The van der Waals surface area contributed by atoms with E-state index >= 15 is 0 Å². The van der Waals surface area contributed by atoms with Crippen molar-refractivity contribution in [3.8, 4) is 0 Å². The number of allylic oxidation sites excluding steroid dienone is 2. The fourth-order valence-electron chi connectivity index (χ4n) is 5.77. The van der Waals surface area contributed by atoms with Gasteiger partial charge in [-0.1, -0.05) is 154 Å². The summed E-state index contributed by atoms with van der Waals surface area (Å²) in [7, 11) is -4.94. The highest BCUT2D eigenvalue weighted by atomic mass is 31.2. The Morgan fingerprint density at radius 2 is 1.00 bits per heavy atom. The van der Waals surface area contributed by atoms with E-state index in [1.54, 1.807) is 0 Å². The molecule has 0 aromatic carbocycles. The zero-order chi connectivity index (χ0) is 38.5. The van der Waals surface area contributed by atoms with Gasteiger partial charge in [-0.15, -0.1) is 0 Å². The highest BCUT2D eigenvalue weighted by Crippen LogP contribution is 2.44. The van der Waals surface area contributed by atoms with E-state index in [1.807, 2.05) is 0 Å². The molecule has 52 heavy (non-hydrogen) atoms. The van der Waals surface area contributed by atoms with Gasteiger partial charge in [0.1, 0.15) is 6.61 Å². The summed E-state index contributed by atoms with van der Waals surface area (Å²) in [5.74, 6) is -2.69. The number of aliphatic carboxylic acids is 1. The van der Waals surface area contributed by atoms with Crippen LogP contribution in [0.15, 0.2) is 12.2 Å². The minimum atomic E-state index is -4.94. The summed E-state index contributed by atoms with van der Waals surface area (Å²) in [6, 6.07) is 0. The maximum atomic E-state index is 12.6. The number of esters is 2. The number of unbranched alkanes of at least 4 members (excludes halogenated alkanes) is 23. The average molecular weight is 763 g/mol. The van der Waals surface area contributed by atoms with Crippen molar-refractivity contribution in [1.82, 2.24) is 0 Å². The number of hydrogen-bond donors (Lipinski definition) is 3. The van der Waals surface area contributed by atoms with Gasteiger partial charge >= 0.3 is 25.7 Å². The van der Waals surface area contributed by atoms with Gasteiger partial charge in [-0.05, 0) is 38.5 Å². The molecule has 0 rings (SSSR count). The molecule has 3 atom stereocenters. The van der Waals surface area contributed by atoms with Crippen molar-refractivity contribution in [2.75, 3.05) is 19.8 Å². The van der Waals surface area contributed by atoms with E-state index in [1.165, 1.54) is 96.3 Å². The van der Waals surface area contributed by atoms with E-state index in [9.17, 15) is 23.8 Å². The summed E-state index contributed by atoms with van der Waals surface area (Å²) >= 11 is 0. The summed E-state index contributed by atoms with van der Waals surface area (Å²) in [5, 5.41) is 18.1. The molecule has 0 saturated heterocycles. The molecule has 0 radical (unpaired) electrons. The number of aliphatic hydroxyl groups excluding tert-OH is 1. The van der Waals surface area contributed by atoms with Crippen LogP contribution in [0.5, 0.6) is 0 Å². The van der Waals surface area contributed by atoms with Gasteiger partial charge in [-0.3, -0.25) is 18.6 Å². The first kappa shape index (κ1) is 50.2. The third-order valence-electron chi connectivity index (χ3n) is 8.98. The second-order valence-electron chi connectivity index (χ2n) is 14.0. The standard InChI is InChI=1S/C40H75O11P/c1-3-5-7-9-11-13-15-17-18-20-22-24-26-28-30-32-39(43)50-36(35-49-52(46,47)51-37(33-41)40(44)45)34-48-38(42)31-29-27-25-23-21-19-16-14-12-10-8-6-4-2/h17-18,36-37,41H,3-16,19-35H2,1-2H3,(H,44,45)(H,46,47)/b18-17-/t36-,37?/m1/s1. The van der Waals surface area contributed by atoms with Crippen LogP contribution in [0.2, 0.25) is 0 Å². The molecule has 0 aromatic rings. The number of phosphoric acid groups is 1. The van der Waals surface area contributed by atoms with Gasteiger partial charge in [-0.25, -0.2) is 9.36 Å². The van der Waals surface area contributed by atoms with Crippen molar-refractivity contribution >= 4 is 25.7 Å². The van der Waals surface area contributed by atoms with Crippen molar-refractivity contribution in [2.24, 2.45) is 0 Å². The maximum absolute atomic E-state index is 12.6. The Morgan fingerprint density at radius 1 is 0.596 bits per heavy atom. The Bertz CT molecular complexity index is 942. The van der Waals surface area contributed by atoms with Crippen LogP contribution in [0.1, 0.15) is 194 Å². The van der Waals surface area contributed by atoms with Crippen LogP contribution in [-0.2, 0) is 37.5 Å². The molecule has 0 aliphatic heterocycles. The molecule has 0 heterocycles. The van der Waals surface area contributed by atoms with Crippen LogP contribution in [-0.4, -0.2) is 65.0 Å². The lowest BCUT2D eigenvalue weighted by molar-refractivity contribution is -0.161. The first-order chi connectivity index (χ1) is 25.1. The molecule has 0 aliphatic rings. The zero-order valence-electron chi connectivity index (χ0n) is 32.8. The predicted molar refractivity (Wildman–Crippen MR) is 206 cm³/mol. The number of carbonyl (C=O) groups excluding carboxylic acids is 2. The minimum Gasteiger partial charge on any atom is -0.479 e. The summed E-state index contributed by atoms with van der Waals surface area (Å²) in [5.41, 5.74) is 0. The molecule has 2 unspecified atom stereocenters. The van der Waals surface area contributed by atoms with Crippen molar-refractivity contribution in [3.63, 3.8) is 0 Å². The van der Waals surface area contributed by atoms with E-state index in [0.29, 0.717) is 12.8 Å².